The molecule has 5 rings (SSSR count). The molecule has 4 aromatic rings. The summed E-state index contributed by atoms with van der Waals surface area (Å²) in [6.07, 6.45) is 9.17. The van der Waals surface area contributed by atoms with Crippen LogP contribution in [-0.2, 0) is 22.4 Å². The summed E-state index contributed by atoms with van der Waals surface area (Å²) in [6.45, 7) is 6.93. The first kappa shape index (κ1) is 34.0. The maximum absolute atomic E-state index is 12.3. The van der Waals surface area contributed by atoms with E-state index in [9.17, 15) is 18.4 Å². The molecule has 0 N–H and O–H groups in total. The molecule has 0 bridgehead atoms. The van der Waals surface area contributed by atoms with Gasteiger partial charge in [-0.3, -0.25) is 9.59 Å². The monoisotopic (exact) mass is 574 g/mol. The van der Waals surface area contributed by atoms with E-state index < -0.39 is 0 Å². The largest absolute Gasteiger partial charge is 0.300 e. The Bertz CT molecular complexity index is 1270. The molecule has 222 valence electrons. The highest BCUT2D eigenvalue weighted by molar-refractivity contribution is 5.78. The summed E-state index contributed by atoms with van der Waals surface area (Å²) in [5, 5.41) is 15.7. The Morgan fingerprint density at radius 3 is 1.52 bits per heavy atom. The van der Waals surface area contributed by atoms with Crippen molar-refractivity contribution >= 4 is 11.6 Å². The molecule has 1 aliphatic carbocycles. The Kier molecular flexibility index (Phi) is 15.4. The summed E-state index contributed by atoms with van der Waals surface area (Å²) < 4.78 is 24.7. The van der Waals surface area contributed by atoms with Crippen LogP contribution in [0.15, 0.2) is 79.0 Å². The maximum atomic E-state index is 12.3. The van der Waals surface area contributed by atoms with Crippen molar-refractivity contribution in [1.82, 2.24) is 20.4 Å². The Hall–Kier alpha value is -4.20. The van der Waals surface area contributed by atoms with E-state index in [1.807, 2.05) is 26.0 Å². The van der Waals surface area contributed by atoms with E-state index in [1.165, 1.54) is 75.9 Å². The molecule has 1 saturated carbocycles. The number of Topliss-reactive ketones (excluding diaryl/α,β-unsaturated/α-hetero) is 2. The van der Waals surface area contributed by atoms with Crippen LogP contribution in [0.2, 0.25) is 0 Å². The van der Waals surface area contributed by atoms with Crippen molar-refractivity contribution in [2.75, 3.05) is 0 Å². The normalized spacial score (nSPS) is 12.3. The van der Waals surface area contributed by atoms with Gasteiger partial charge in [-0.15, -0.1) is 0 Å². The molecule has 0 amide bonds. The van der Waals surface area contributed by atoms with Crippen molar-refractivity contribution < 1.29 is 18.4 Å². The van der Waals surface area contributed by atoms with Crippen LogP contribution in [0, 0.1) is 25.5 Å². The molecule has 0 aliphatic heterocycles. The molecular weight excluding hydrogens is 534 g/mol. The van der Waals surface area contributed by atoms with E-state index in [2.05, 4.69) is 32.5 Å². The molecule has 6 nitrogen and oxygen atoms in total. The van der Waals surface area contributed by atoms with Crippen molar-refractivity contribution in [2.45, 2.75) is 78.6 Å². The van der Waals surface area contributed by atoms with Crippen LogP contribution in [-0.4, -0.2) is 32.0 Å². The van der Waals surface area contributed by atoms with Crippen LogP contribution in [0.1, 0.15) is 80.1 Å². The minimum atomic E-state index is -0.266. The predicted molar refractivity (Wildman–Crippen MR) is 161 cm³/mol. The summed E-state index contributed by atoms with van der Waals surface area (Å²) in [4.78, 5) is 21.2. The van der Waals surface area contributed by atoms with Gasteiger partial charge in [-0.05, 0) is 100 Å². The van der Waals surface area contributed by atoms with Gasteiger partial charge < -0.3 is 0 Å². The first-order chi connectivity index (χ1) is 20.1. The van der Waals surface area contributed by atoms with E-state index in [0.29, 0.717) is 18.8 Å². The number of rotatable bonds is 5. The molecule has 0 saturated heterocycles. The maximum Gasteiger partial charge on any atom is 0.134 e. The molecular formula is C34H40F2N4O2. The number of aromatic nitrogens is 4. The predicted octanol–water partition coefficient (Wildman–Crippen LogP) is 7.53. The Morgan fingerprint density at radius 1 is 0.667 bits per heavy atom. The molecule has 2 heterocycles. The standard InChI is InChI=1S/C11H16N2.2C9H9FO.C5H6N2/c1-9-7-8-11(13-12-9)10-5-3-2-4-6-10;2*1-7(11)6-8-2-4-9(10)5-3-8;1-5-3-2-4-6-7-5/h7-8,10H,2-6H2,1H3;2*2-5H,6H2,1H3;2-4H,1H3. The number of aryl methyl sites for hydroxylation is 2. The number of nitrogens with zero attached hydrogens (tertiary/aromatic N) is 4. The number of hydrogen-bond acceptors (Lipinski definition) is 6. The third-order valence-electron chi connectivity index (χ3n) is 6.28. The molecule has 2 aromatic heterocycles. The fourth-order valence-corrected chi connectivity index (χ4v) is 4.18. The van der Waals surface area contributed by atoms with Crippen molar-refractivity contribution in [2.24, 2.45) is 0 Å². The first-order valence-electron chi connectivity index (χ1n) is 14.1. The Morgan fingerprint density at radius 2 is 1.17 bits per heavy atom. The third kappa shape index (κ3) is 15.0. The number of hydrogen-bond donors (Lipinski definition) is 0. The lowest BCUT2D eigenvalue weighted by Crippen LogP contribution is -2.07. The summed E-state index contributed by atoms with van der Waals surface area (Å²) in [7, 11) is 0. The number of carbonyl (C=O) groups is 2. The quantitative estimate of drug-likeness (QED) is 0.245. The molecule has 0 radical (unpaired) electrons. The molecule has 42 heavy (non-hydrogen) atoms. The fraction of sp³-hybridized carbons (Fsp3) is 0.353. The summed E-state index contributed by atoms with van der Waals surface area (Å²) in [5.74, 6) is 0.338. The van der Waals surface area contributed by atoms with Gasteiger partial charge >= 0.3 is 0 Å². The average molecular weight is 575 g/mol. The zero-order chi connectivity index (χ0) is 30.7. The van der Waals surface area contributed by atoms with Crippen molar-refractivity contribution in [3.8, 4) is 0 Å². The van der Waals surface area contributed by atoms with Crippen molar-refractivity contribution in [1.29, 1.82) is 0 Å². The van der Waals surface area contributed by atoms with Gasteiger partial charge in [0.15, 0.2) is 0 Å². The van der Waals surface area contributed by atoms with E-state index in [0.717, 1.165) is 22.5 Å². The summed E-state index contributed by atoms with van der Waals surface area (Å²) in [6, 6.07) is 19.9. The van der Waals surface area contributed by atoms with Gasteiger partial charge in [0.2, 0.25) is 0 Å². The number of halogens is 2. The van der Waals surface area contributed by atoms with Gasteiger partial charge in [0, 0.05) is 25.0 Å². The van der Waals surface area contributed by atoms with Crippen LogP contribution in [0.3, 0.4) is 0 Å². The zero-order valence-corrected chi connectivity index (χ0v) is 24.9. The molecule has 8 heteroatoms. The van der Waals surface area contributed by atoms with Crippen LogP contribution in [0.5, 0.6) is 0 Å². The molecule has 0 unspecified atom stereocenters. The molecule has 0 spiro atoms. The highest BCUT2D eigenvalue weighted by Crippen LogP contribution is 2.30. The van der Waals surface area contributed by atoms with Crippen molar-refractivity contribution in [3.05, 3.63) is 119 Å². The third-order valence-corrected chi connectivity index (χ3v) is 6.28. The topological polar surface area (TPSA) is 85.7 Å². The van der Waals surface area contributed by atoms with Gasteiger partial charge in [-0.1, -0.05) is 43.5 Å². The van der Waals surface area contributed by atoms with Crippen molar-refractivity contribution in [3.63, 3.8) is 0 Å². The van der Waals surface area contributed by atoms with E-state index in [4.69, 9.17) is 0 Å². The summed E-state index contributed by atoms with van der Waals surface area (Å²) >= 11 is 0. The second kappa shape index (κ2) is 19.0. The van der Waals surface area contributed by atoms with Gasteiger partial charge in [-0.25, -0.2) is 8.78 Å². The first-order valence-corrected chi connectivity index (χ1v) is 14.1. The second-order valence-corrected chi connectivity index (χ2v) is 10.3. The van der Waals surface area contributed by atoms with E-state index >= 15 is 0 Å². The minimum absolute atomic E-state index is 0.0941. The number of ketones is 2. The van der Waals surface area contributed by atoms with E-state index in [-0.39, 0.29) is 23.2 Å². The lowest BCUT2D eigenvalue weighted by atomic mass is 9.87. The van der Waals surface area contributed by atoms with Gasteiger partial charge in [0.1, 0.15) is 23.2 Å². The fourth-order valence-electron chi connectivity index (χ4n) is 4.18. The lowest BCUT2D eigenvalue weighted by molar-refractivity contribution is -0.117. The van der Waals surface area contributed by atoms with Gasteiger partial charge in [0.05, 0.1) is 17.1 Å². The lowest BCUT2D eigenvalue weighted by Gasteiger charge is -2.20. The molecule has 1 fully saturated rings. The van der Waals surface area contributed by atoms with Crippen LogP contribution < -0.4 is 0 Å². The van der Waals surface area contributed by atoms with Gasteiger partial charge in [0.25, 0.3) is 0 Å². The van der Waals surface area contributed by atoms with Crippen LogP contribution in [0.25, 0.3) is 0 Å². The molecule has 0 atom stereocenters. The highest BCUT2D eigenvalue weighted by Gasteiger charge is 2.16. The smallest absolute Gasteiger partial charge is 0.134 e. The van der Waals surface area contributed by atoms with Crippen LogP contribution in [0.4, 0.5) is 8.78 Å². The second-order valence-electron chi connectivity index (χ2n) is 10.3. The molecule has 2 aromatic carbocycles. The van der Waals surface area contributed by atoms with Crippen LogP contribution >= 0.6 is 0 Å². The molecule has 1 aliphatic rings. The number of benzene rings is 2. The minimum Gasteiger partial charge on any atom is -0.300 e. The number of carbonyl (C=O) groups excluding carboxylic acids is 2. The Labute approximate surface area is 247 Å². The summed E-state index contributed by atoms with van der Waals surface area (Å²) in [5.41, 5.74) is 4.89. The average Bonchev–Trinajstić information content (AvgIpc) is 2.97. The van der Waals surface area contributed by atoms with Gasteiger partial charge in [-0.2, -0.15) is 20.4 Å². The van der Waals surface area contributed by atoms with E-state index in [1.54, 1.807) is 30.5 Å². The highest BCUT2D eigenvalue weighted by atomic mass is 19.1. The zero-order valence-electron chi connectivity index (χ0n) is 24.9. The SMILES string of the molecule is CC(=O)Cc1ccc(F)cc1.CC(=O)Cc1ccc(F)cc1.Cc1ccc(C2CCCCC2)nn1.Cc1cccnn1. The Balaban J connectivity index is 0.000000200.